The number of halogens is 3. The molecule has 0 aliphatic rings. The molecule has 0 spiro atoms. The molecule has 0 saturated heterocycles. The number of pyridine rings is 1. The van der Waals surface area contributed by atoms with Gasteiger partial charge < -0.3 is 26.0 Å². The number of ether oxygens (including phenoxy) is 1. The lowest BCUT2D eigenvalue weighted by molar-refractivity contribution is -0.138. The van der Waals surface area contributed by atoms with Gasteiger partial charge in [-0.3, -0.25) is 0 Å². The maximum absolute atomic E-state index is 13.7. The first-order valence-corrected chi connectivity index (χ1v) is 12.9. The molecule has 2 aromatic heterocycles. The normalized spacial score (nSPS) is 12.1. The molecule has 4 rings (SSSR count). The van der Waals surface area contributed by atoms with Gasteiger partial charge in [-0.15, -0.1) is 0 Å². The summed E-state index contributed by atoms with van der Waals surface area (Å²) >= 11 is 0. The van der Waals surface area contributed by atoms with Crippen molar-refractivity contribution < 1.29 is 22.7 Å². The highest BCUT2D eigenvalue weighted by molar-refractivity contribution is 6.02. The van der Waals surface area contributed by atoms with Crippen molar-refractivity contribution in [1.29, 1.82) is 0 Å². The molecule has 0 radical (unpaired) electrons. The predicted octanol–water partition coefficient (Wildman–Crippen LogP) is 6.12. The van der Waals surface area contributed by atoms with Crippen molar-refractivity contribution in [2.24, 2.45) is 7.05 Å². The van der Waals surface area contributed by atoms with Crippen LogP contribution in [0, 0.1) is 0 Å². The van der Waals surface area contributed by atoms with E-state index in [1.165, 1.54) is 12.1 Å². The van der Waals surface area contributed by atoms with Gasteiger partial charge in [0, 0.05) is 36.1 Å². The summed E-state index contributed by atoms with van der Waals surface area (Å²) in [6.45, 7) is 6.76. The van der Waals surface area contributed by atoms with E-state index in [1.54, 1.807) is 42.9 Å². The molecule has 0 aliphatic heterocycles. The van der Waals surface area contributed by atoms with Crippen LogP contribution in [0.3, 0.4) is 0 Å². The maximum atomic E-state index is 13.7. The average molecular weight is 570 g/mol. The van der Waals surface area contributed by atoms with Crippen LogP contribution >= 0.6 is 0 Å². The fourth-order valence-electron chi connectivity index (χ4n) is 4.21. The Labute approximate surface area is 236 Å². The number of nitrogens with two attached hydrogens (primary N) is 1. The predicted molar refractivity (Wildman–Crippen MR) is 155 cm³/mol. The standard InChI is InChI=1S/C29H34F3N7O2/c1-28(2,3)23-16-20(24-25(33)37-39(6)26(24)36-23)17-7-9-18(10-8-17)34-27(40)35-19-11-12-22(41-14-13-38(4)5)21(15-19)29(30,31)32/h7-12,15-16H,13-14H2,1-6H3,(H2,33,37)(H2,34,35,40). The smallest absolute Gasteiger partial charge is 0.420 e. The zero-order valence-corrected chi connectivity index (χ0v) is 23.8. The van der Waals surface area contributed by atoms with Crippen molar-refractivity contribution in [2.75, 3.05) is 43.6 Å². The van der Waals surface area contributed by atoms with Crippen LogP contribution in [-0.4, -0.2) is 52.9 Å². The molecule has 0 aliphatic carbocycles. The van der Waals surface area contributed by atoms with E-state index in [-0.39, 0.29) is 23.5 Å². The molecule has 0 fully saturated rings. The second-order valence-electron chi connectivity index (χ2n) is 11.0. The Balaban J connectivity index is 1.53. The fourth-order valence-corrected chi connectivity index (χ4v) is 4.21. The first-order valence-electron chi connectivity index (χ1n) is 12.9. The van der Waals surface area contributed by atoms with Crippen molar-refractivity contribution >= 4 is 34.3 Å². The third-order valence-corrected chi connectivity index (χ3v) is 6.38. The van der Waals surface area contributed by atoms with Gasteiger partial charge in [0.25, 0.3) is 0 Å². The van der Waals surface area contributed by atoms with Crippen LogP contribution in [0.5, 0.6) is 5.75 Å². The second kappa shape index (κ2) is 11.3. The van der Waals surface area contributed by atoms with Crippen molar-refractivity contribution in [2.45, 2.75) is 32.4 Å². The lowest BCUT2D eigenvalue weighted by Gasteiger charge is -2.19. The summed E-state index contributed by atoms with van der Waals surface area (Å²) in [5, 5.41) is 10.2. The molecule has 2 heterocycles. The Morgan fingerprint density at radius 1 is 1.02 bits per heavy atom. The molecule has 4 aromatic rings. The molecule has 0 unspecified atom stereocenters. The molecule has 218 valence electrons. The van der Waals surface area contributed by atoms with E-state index in [0.29, 0.717) is 23.7 Å². The number of rotatable bonds is 7. The number of hydrogen-bond donors (Lipinski definition) is 3. The zero-order chi connectivity index (χ0) is 30.1. The number of aryl methyl sites for hydroxylation is 1. The van der Waals surface area contributed by atoms with Gasteiger partial charge in [-0.1, -0.05) is 32.9 Å². The third kappa shape index (κ3) is 6.88. The number of amides is 2. The van der Waals surface area contributed by atoms with Crippen LogP contribution < -0.4 is 21.1 Å². The summed E-state index contributed by atoms with van der Waals surface area (Å²) in [5.74, 6) is 0.0642. The number of urea groups is 1. The van der Waals surface area contributed by atoms with E-state index in [0.717, 1.165) is 28.3 Å². The summed E-state index contributed by atoms with van der Waals surface area (Å²) < 4.78 is 47.9. The summed E-state index contributed by atoms with van der Waals surface area (Å²) in [6.07, 6.45) is -4.65. The number of fused-ring (bicyclic) bond motifs is 1. The highest BCUT2D eigenvalue weighted by Gasteiger charge is 2.35. The van der Waals surface area contributed by atoms with Gasteiger partial charge in [0.05, 0.1) is 10.9 Å². The molecule has 2 aromatic carbocycles. The first kappa shape index (κ1) is 29.7. The van der Waals surface area contributed by atoms with Gasteiger partial charge in [0.1, 0.15) is 12.4 Å². The Morgan fingerprint density at radius 2 is 1.66 bits per heavy atom. The van der Waals surface area contributed by atoms with Crippen LogP contribution in [0.2, 0.25) is 0 Å². The summed E-state index contributed by atoms with van der Waals surface area (Å²) in [5.41, 5.74) is 8.69. The number of carbonyl (C=O) groups excluding carboxylic acids is 1. The van der Waals surface area contributed by atoms with Gasteiger partial charge in [0.15, 0.2) is 11.5 Å². The van der Waals surface area contributed by atoms with E-state index < -0.39 is 17.8 Å². The minimum absolute atomic E-state index is 0.0210. The molecule has 0 atom stereocenters. The van der Waals surface area contributed by atoms with E-state index in [1.807, 2.05) is 18.2 Å². The van der Waals surface area contributed by atoms with Gasteiger partial charge in [0.2, 0.25) is 0 Å². The summed E-state index contributed by atoms with van der Waals surface area (Å²) in [7, 11) is 5.38. The topological polar surface area (TPSA) is 110 Å². The van der Waals surface area contributed by atoms with Gasteiger partial charge in [-0.2, -0.15) is 18.3 Å². The third-order valence-electron chi connectivity index (χ3n) is 6.38. The van der Waals surface area contributed by atoms with Crippen molar-refractivity contribution in [1.82, 2.24) is 19.7 Å². The molecular weight excluding hydrogens is 535 g/mol. The van der Waals surface area contributed by atoms with E-state index in [9.17, 15) is 18.0 Å². The second-order valence-corrected chi connectivity index (χ2v) is 11.0. The first-order chi connectivity index (χ1) is 19.1. The summed E-state index contributed by atoms with van der Waals surface area (Å²) in [6, 6.07) is 11.8. The number of nitrogens with zero attached hydrogens (tertiary/aromatic N) is 4. The van der Waals surface area contributed by atoms with Crippen molar-refractivity contribution in [3.05, 3.63) is 59.8 Å². The van der Waals surface area contributed by atoms with Gasteiger partial charge in [-0.25, -0.2) is 14.5 Å². The van der Waals surface area contributed by atoms with E-state index in [4.69, 9.17) is 15.5 Å². The number of benzene rings is 2. The quantitative estimate of drug-likeness (QED) is 0.247. The Hall–Kier alpha value is -4.32. The van der Waals surface area contributed by atoms with Crippen LogP contribution in [0.15, 0.2) is 48.5 Å². The highest BCUT2D eigenvalue weighted by Crippen LogP contribution is 2.38. The fraction of sp³-hybridized carbons (Fsp3) is 0.345. The molecule has 12 heteroatoms. The monoisotopic (exact) mass is 569 g/mol. The number of alkyl halides is 3. The number of nitrogen functional groups attached to an aromatic ring is 1. The Bertz CT molecular complexity index is 1560. The SMILES string of the molecule is CN(C)CCOc1ccc(NC(=O)Nc2ccc(-c3cc(C(C)(C)C)nc4c3c(N)nn4C)cc2)cc1C(F)(F)F. The number of hydrogen-bond acceptors (Lipinski definition) is 6. The van der Waals surface area contributed by atoms with Crippen LogP contribution in [0.25, 0.3) is 22.2 Å². The number of carbonyl (C=O) groups is 1. The average Bonchev–Trinajstić information content (AvgIpc) is 3.16. The lowest BCUT2D eigenvalue weighted by Crippen LogP contribution is -2.21. The number of nitrogens with one attached hydrogen (secondary N) is 2. The van der Waals surface area contributed by atoms with Crippen molar-refractivity contribution in [3.63, 3.8) is 0 Å². The van der Waals surface area contributed by atoms with Crippen LogP contribution in [0.1, 0.15) is 32.0 Å². The van der Waals surface area contributed by atoms with Crippen molar-refractivity contribution in [3.8, 4) is 16.9 Å². The minimum atomic E-state index is -4.65. The number of likely N-dealkylation sites (N-methyl/N-ethyl adjacent to an activating group) is 1. The molecule has 9 nitrogen and oxygen atoms in total. The molecule has 0 saturated carbocycles. The maximum Gasteiger partial charge on any atom is 0.420 e. The van der Waals surface area contributed by atoms with Gasteiger partial charge in [-0.05, 0) is 61.6 Å². The number of aromatic nitrogens is 3. The minimum Gasteiger partial charge on any atom is -0.492 e. The lowest BCUT2D eigenvalue weighted by atomic mass is 9.89. The highest BCUT2D eigenvalue weighted by atomic mass is 19.4. The molecule has 4 N–H and O–H groups in total. The molecule has 41 heavy (non-hydrogen) atoms. The summed E-state index contributed by atoms with van der Waals surface area (Å²) in [4.78, 5) is 19.2. The van der Waals surface area contributed by atoms with Crippen LogP contribution in [-0.2, 0) is 18.6 Å². The Morgan fingerprint density at radius 3 is 2.27 bits per heavy atom. The van der Waals surface area contributed by atoms with Gasteiger partial charge >= 0.3 is 12.2 Å². The van der Waals surface area contributed by atoms with Crippen LogP contribution in [0.4, 0.5) is 35.2 Å². The van der Waals surface area contributed by atoms with E-state index >= 15 is 0 Å². The molecular formula is C29H34F3N7O2. The molecule has 2 amide bonds. The number of anilines is 3. The molecule has 0 bridgehead atoms. The largest absolute Gasteiger partial charge is 0.492 e. The van der Waals surface area contributed by atoms with E-state index in [2.05, 4.69) is 36.5 Å². The Kier molecular flexibility index (Phi) is 8.16. The zero-order valence-electron chi connectivity index (χ0n) is 23.8.